The molecule has 0 spiro atoms. The fourth-order valence-corrected chi connectivity index (χ4v) is 0.683. The van der Waals surface area contributed by atoms with E-state index in [4.69, 9.17) is 23.2 Å². The molecule has 1 nitrogen and oxygen atoms in total. The highest BCUT2D eigenvalue weighted by molar-refractivity contribution is 6.30. The molecule has 0 rings (SSSR count). The number of ketones is 1. The monoisotopic (exact) mass is 168 g/mol. The minimum absolute atomic E-state index is 0.0808. The van der Waals surface area contributed by atoms with Crippen LogP contribution >= 0.6 is 23.2 Å². The fraction of sp³-hybridized carbons (Fsp3) is 0.833. The van der Waals surface area contributed by atoms with Gasteiger partial charge >= 0.3 is 0 Å². The Kier molecular flexibility index (Phi) is 5.21. The van der Waals surface area contributed by atoms with Crippen LogP contribution in [0, 0.1) is 0 Å². The Morgan fingerprint density at radius 1 is 1.67 bits per heavy atom. The first-order valence-corrected chi connectivity index (χ1v) is 3.88. The zero-order valence-corrected chi connectivity index (χ0v) is 6.87. The van der Waals surface area contributed by atoms with Gasteiger partial charge in [-0.15, -0.1) is 23.2 Å². The summed E-state index contributed by atoms with van der Waals surface area (Å²) in [5.41, 5.74) is 0. The lowest BCUT2D eigenvalue weighted by molar-refractivity contribution is -0.118. The molecule has 3 heteroatoms. The quantitative estimate of drug-likeness (QED) is 0.589. The van der Waals surface area contributed by atoms with Crippen molar-refractivity contribution in [1.29, 1.82) is 0 Å². The summed E-state index contributed by atoms with van der Waals surface area (Å²) in [5, 5.41) is -0.354. The Hall–Kier alpha value is 0.250. The highest BCUT2D eigenvalue weighted by Crippen LogP contribution is 2.02. The van der Waals surface area contributed by atoms with Crippen molar-refractivity contribution in [2.45, 2.75) is 25.1 Å². The SMILES string of the molecule is CC(Cl)C(=O)CCCCl. The van der Waals surface area contributed by atoms with Gasteiger partial charge in [0.1, 0.15) is 5.78 Å². The van der Waals surface area contributed by atoms with E-state index in [0.717, 1.165) is 6.42 Å². The molecule has 0 fully saturated rings. The molecule has 0 aliphatic rings. The Labute approximate surface area is 65.3 Å². The smallest absolute Gasteiger partial charge is 0.150 e. The van der Waals surface area contributed by atoms with E-state index < -0.39 is 0 Å². The minimum atomic E-state index is -0.354. The highest BCUT2D eigenvalue weighted by Gasteiger charge is 2.06. The molecule has 0 aliphatic carbocycles. The molecule has 0 aliphatic heterocycles. The summed E-state index contributed by atoms with van der Waals surface area (Å²) in [6.07, 6.45) is 1.24. The maximum atomic E-state index is 10.7. The van der Waals surface area contributed by atoms with Crippen LogP contribution in [0.2, 0.25) is 0 Å². The van der Waals surface area contributed by atoms with Crippen LogP contribution in [0.3, 0.4) is 0 Å². The normalized spacial score (nSPS) is 13.2. The van der Waals surface area contributed by atoms with Gasteiger partial charge in [0.2, 0.25) is 0 Å². The second-order valence-electron chi connectivity index (χ2n) is 1.87. The third-order valence-corrected chi connectivity index (χ3v) is 1.51. The first-order valence-electron chi connectivity index (χ1n) is 2.91. The standard InChI is InChI=1S/C6H10Cl2O/c1-5(8)6(9)3-2-4-7/h5H,2-4H2,1H3. The summed E-state index contributed by atoms with van der Waals surface area (Å²) in [6.45, 7) is 1.68. The number of hydrogen-bond acceptors (Lipinski definition) is 1. The van der Waals surface area contributed by atoms with Gasteiger partial charge in [-0.1, -0.05) is 0 Å². The number of alkyl halides is 2. The maximum absolute atomic E-state index is 10.7. The fourth-order valence-electron chi connectivity index (χ4n) is 0.440. The van der Waals surface area contributed by atoms with Gasteiger partial charge in [0.05, 0.1) is 5.38 Å². The van der Waals surface area contributed by atoms with Crippen LogP contribution in [-0.4, -0.2) is 17.0 Å². The van der Waals surface area contributed by atoms with Gasteiger partial charge in [-0.3, -0.25) is 4.79 Å². The molecule has 0 N–H and O–H groups in total. The van der Waals surface area contributed by atoms with Crippen molar-refractivity contribution in [3.63, 3.8) is 0 Å². The summed E-state index contributed by atoms with van der Waals surface area (Å²) in [4.78, 5) is 10.7. The predicted molar refractivity (Wildman–Crippen MR) is 40.3 cm³/mol. The largest absolute Gasteiger partial charge is 0.298 e. The van der Waals surface area contributed by atoms with E-state index in [9.17, 15) is 4.79 Å². The maximum Gasteiger partial charge on any atom is 0.150 e. The molecule has 1 unspecified atom stereocenters. The van der Waals surface area contributed by atoms with Crippen LogP contribution in [0.25, 0.3) is 0 Å². The summed E-state index contributed by atoms with van der Waals surface area (Å²) in [6, 6.07) is 0. The van der Waals surface area contributed by atoms with Gasteiger partial charge in [-0.2, -0.15) is 0 Å². The molecular formula is C6H10Cl2O. The molecule has 0 aromatic carbocycles. The zero-order chi connectivity index (χ0) is 7.28. The second-order valence-corrected chi connectivity index (χ2v) is 2.91. The lowest BCUT2D eigenvalue weighted by atomic mass is 10.2. The molecule has 54 valence electrons. The van der Waals surface area contributed by atoms with Crippen LogP contribution < -0.4 is 0 Å². The minimum Gasteiger partial charge on any atom is -0.298 e. The molecule has 0 aromatic rings. The van der Waals surface area contributed by atoms with Crippen LogP contribution in [0.4, 0.5) is 0 Å². The molecular weight excluding hydrogens is 159 g/mol. The van der Waals surface area contributed by atoms with Gasteiger partial charge in [0, 0.05) is 12.3 Å². The van der Waals surface area contributed by atoms with E-state index in [1.807, 2.05) is 0 Å². The number of halogens is 2. The van der Waals surface area contributed by atoms with E-state index in [-0.39, 0.29) is 11.2 Å². The molecule has 0 saturated carbocycles. The lowest BCUT2D eigenvalue weighted by Crippen LogP contribution is -2.09. The van der Waals surface area contributed by atoms with Crippen molar-refractivity contribution >= 4 is 29.0 Å². The Bertz CT molecular complexity index is 91.1. The average molecular weight is 169 g/mol. The number of rotatable bonds is 4. The van der Waals surface area contributed by atoms with Crippen LogP contribution in [0.1, 0.15) is 19.8 Å². The van der Waals surface area contributed by atoms with Crippen molar-refractivity contribution in [3.05, 3.63) is 0 Å². The van der Waals surface area contributed by atoms with Gasteiger partial charge in [0.15, 0.2) is 0 Å². The molecule has 0 heterocycles. The van der Waals surface area contributed by atoms with Crippen LogP contribution in [-0.2, 0) is 4.79 Å². The molecule has 0 aromatic heterocycles. The van der Waals surface area contributed by atoms with E-state index in [2.05, 4.69) is 0 Å². The predicted octanol–water partition coefficient (Wildman–Crippen LogP) is 2.20. The first-order chi connectivity index (χ1) is 4.18. The van der Waals surface area contributed by atoms with E-state index in [1.54, 1.807) is 6.92 Å². The number of carbonyl (C=O) groups excluding carboxylic acids is 1. The first kappa shape index (κ1) is 9.25. The Morgan fingerprint density at radius 3 is 2.56 bits per heavy atom. The van der Waals surface area contributed by atoms with Crippen LogP contribution in [0.15, 0.2) is 0 Å². The van der Waals surface area contributed by atoms with Gasteiger partial charge in [0.25, 0.3) is 0 Å². The molecule has 0 bridgehead atoms. The Morgan fingerprint density at radius 2 is 2.22 bits per heavy atom. The third-order valence-electron chi connectivity index (χ3n) is 1.00. The van der Waals surface area contributed by atoms with Crippen molar-refractivity contribution in [2.75, 3.05) is 5.88 Å². The van der Waals surface area contributed by atoms with Crippen LogP contribution in [0.5, 0.6) is 0 Å². The molecule has 0 radical (unpaired) electrons. The van der Waals surface area contributed by atoms with Gasteiger partial charge in [-0.05, 0) is 13.3 Å². The summed E-state index contributed by atoms with van der Waals surface area (Å²) < 4.78 is 0. The molecule has 0 saturated heterocycles. The van der Waals surface area contributed by atoms with Gasteiger partial charge < -0.3 is 0 Å². The van der Waals surface area contributed by atoms with E-state index in [0.29, 0.717) is 12.3 Å². The summed E-state index contributed by atoms with van der Waals surface area (Å²) in [5.74, 6) is 0.618. The van der Waals surface area contributed by atoms with Crippen molar-refractivity contribution in [1.82, 2.24) is 0 Å². The number of carbonyl (C=O) groups is 1. The average Bonchev–Trinajstić information content (AvgIpc) is 1.82. The lowest BCUT2D eigenvalue weighted by Gasteiger charge is -1.98. The zero-order valence-electron chi connectivity index (χ0n) is 5.36. The van der Waals surface area contributed by atoms with Crippen molar-refractivity contribution in [3.8, 4) is 0 Å². The second kappa shape index (κ2) is 5.07. The van der Waals surface area contributed by atoms with Gasteiger partial charge in [-0.25, -0.2) is 0 Å². The highest BCUT2D eigenvalue weighted by atomic mass is 35.5. The number of hydrogen-bond donors (Lipinski definition) is 0. The topological polar surface area (TPSA) is 17.1 Å². The van der Waals surface area contributed by atoms with E-state index >= 15 is 0 Å². The summed E-state index contributed by atoms with van der Waals surface area (Å²) >= 11 is 10.8. The van der Waals surface area contributed by atoms with Crippen molar-refractivity contribution in [2.24, 2.45) is 0 Å². The number of Topliss-reactive ketones (excluding diaryl/α,β-unsaturated/α-hetero) is 1. The summed E-state index contributed by atoms with van der Waals surface area (Å²) in [7, 11) is 0. The van der Waals surface area contributed by atoms with Crippen molar-refractivity contribution < 1.29 is 4.79 Å². The third kappa shape index (κ3) is 4.73. The molecule has 0 amide bonds. The molecule has 1 atom stereocenters. The Balaban J connectivity index is 3.28. The van der Waals surface area contributed by atoms with E-state index in [1.165, 1.54) is 0 Å². The molecule has 9 heavy (non-hydrogen) atoms.